The largest absolute Gasteiger partial charge is 0.269 e. The zero-order valence-electron chi connectivity index (χ0n) is 9.28. The number of nitrogens with one attached hydrogen (secondary N) is 2. The Morgan fingerprint density at radius 2 is 1.69 bits per heavy atom. The Bertz CT molecular complexity index is 406. The Hall–Kier alpha value is -2.10. The summed E-state index contributed by atoms with van der Waals surface area (Å²) in [6.07, 6.45) is 1.41. The van der Waals surface area contributed by atoms with E-state index in [9.17, 15) is 9.59 Å². The maximum absolute atomic E-state index is 11.5. The molecule has 1 aromatic carbocycles. The molecule has 0 bridgehead atoms. The molecule has 0 aliphatic carbocycles. The third-order valence-corrected chi connectivity index (χ3v) is 1.75. The molecule has 1 aromatic rings. The van der Waals surface area contributed by atoms with E-state index in [2.05, 4.69) is 10.9 Å². The summed E-state index contributed by atoms with van der Waals surface area (Å²) in [6, 6.07) is 8.67. The lowest BCUT2D eigenvalue weighted by Gasteiger charge is -2.05. The van der Waals surface area contributed by atoms with Gasteiger partial charge in [-0.25, -0.2) is 0 Å². The Kier molecular flexibility index (Phi) is 4.27. The van der Waals surface area contributed by atoms with Gasteiger partial charge in [-0.05, 0) is 26.0 Å². The molecule has 16 heavy (non-hydrogen) atoms. The smallest absolute Gasteiger partial charge is 0.268 e. The molecule has 4 nitrogen and oxygen atoms in total. The molecular formula is C12H14N2O2. The van der Waals surface area contributed by atoms with Crippen LogP contribution in [-0.2, 0) is 4.79 Å². The van der Waals surface area contributed by atoms with Gasteiger partial charge < -0.3 is 0 Å². The van der Waals surface area contributed by atoms with E-state index >= 15 is 0 Å². The first-order valence-corrected chi connectivity index (χ1v) is 4.90. The second-order valence-corrected chi connectivity index (χ2v) is 3.53. The first-order chi connectivity index (χ1) is 7.59. The molecule has 0 radical (unpaired) electrons. The maximum atomic E-state index is 11.5. The van der Waals surface area contributed by atoms with Crippen LogP contribution in [0.1, 0.15) is 24.2 Å². The molecule has 0 atom stereocenters. The molecule has 0 heterocycles. The van der Waals surface area contributed by atoms with Crippen molar-refractivity contribution in [2.24, 2.45) is 0 Å². The van der Waals surface area contributed by atoms with Crippen LogP contribution in [0.25, 0.3) is 0 Å². The van der Waals surface area contributed by atoms with Gasteiger partial charge in [-0.1, -0.05) is 23.8 Å². The fourth-order valence-electron chi connectivity index (χ4n) is 1.08. The molecule has 0 aliphatic heterocycles. The summed E-state index contributed by atoms with van der Waals surface area (Å²) in [7, 11) is 0. The monoisotopic (exact) mass is 218 g/mol. The van der Waals surface area contributed by atoms with Crippen LogP contribution in [0, 0.1) is 0 Å². The standard InChI is InChI=1S/C12H14N2O2/c1-9(2)8-11(15)13-14-12(16)10-6-4-3-5-7-10/h3-8H,1-2H3,(H,13,15)(H,14,16). The Labute approximate surface area is 94.3 Å². The van der Waals surface area contributed by atoms with E-state index in [0.717, 1.165) is 5.57 Å². The molecule has 0 unspecified atom stereocenters. The highest BCUT2D eigenvalue weighted by Gasteiger charge is 2.04. The van der Waals surface area contributed by atoms with E-state index in [4.69, 9.17) is 0 Å². The molecule has 0 saturated carbocycles. The van der Waals surface area contributed by atoms with E-state index in [1.807, 2.05) is 6.07 Å². The van der Waals surface area contributed by atoms with Gasteiger partial charge in [-0.15, -0.1) is 0 Å². The number of hydrogen-bond donors (Lipinski definition) is 2. The van der Waals surface area contributed by atoms with Crippen LogP contribution < -0.4 is 10.9 Å². The van der Waals surface area contributed by atoms with Crippen molar-refractivity contribution in [1.29, 1.82) is 0 Å². The zero-order valence-corrected chi connectivity index (χ0v) is 9.28. The molecular weight excluding hydrogens is 204 g/mol. The van der Waals surface area contributed by atoms with Gasteiger partial charge in [0.1, 0.15) is 0 Å². The molecule has 84 valence electrons. The summed E-state index contributed by atoms with van der Waals surface area (Å²) < 4.78 is 0. The summed E-state index contributed by atoms with van der Waals surface area (Å²) in [4.78, 5) is 22.7. The summed E-state index contributed by atoms with van der Waals surface area (Å²) in [5.41, 5.74) is 5.99. The molecule has 0 spiro atoms. The molecule has 2 amide bonds. The van der Waals surface area contributed by atoms with Gasteiger partial charge in [0.05, 0.1) is 0 Å². The third kappa shape index (κ3) is 3.96. The molecule has 0 aromatic heterocycles. The lowest BCUT2D eigenvalue weighted by Crippen LogP contribution is -2.40. The SMILES string of the molecule is CC(C)=CC(=O)NNC(=O)c1ccccc1. The second-order valence-electron chi connectivity index (χ2n) is 3.53. The average Bonchev–Trinajstić information content (AvgIpc) is 2.26. The lowest BCUT2D eigenvalue weighted by atomic mass is 10.2. The minimum Gasteiger partial charge on any atom is -0.268 e. The number of benzene rings is 1. The van der Waals surface area contributed by atoms with E-state index in [0.29, 0.717) is 5.56 Å². The Balaban J connectivity index is 2.48. The van der Waals surface area contributed by atoms with Gasteiger partial charge in [0, 0.05) is 11.6 Å². The average molecular weight is 218 g/mol. The van der Waals surface area contributed by atoms with E-state index in [1.54, 1.807) is 38.1 Å². The quantitative estimate of drug-likeness (QED) is 0.582. The van der Waals surface area contributed by atoms with Gasteiger partial charge in [0.15, 0.2) is 0 Å². The fraction of sp³-hybridized carbons (Fsp3) is 0.167. The minimum atomic E-state index is -0.343. The van der Waals surface area contributed by atoms with Crippen molar-refractivity contribution in [3.05, 3.63) is 47.5 Å². The van der Waals surface area contributed by atoms with Gasteiger partial charge in [-0.3, -0.25) is 20.4 Å². The van der Waals surface area contributed by atoms with E-state index in [-0.39, 0.29) is 11.8 Å². The van der Waals surface area contributed by atoms with Gasteiger partial charge in [0.2, 0.25) is 0 Å². The van der Waals surface area contributed by atoms with Gasteiger partial charge in [-0.2, -0.15) is 0 Å². The summed E-state index contributed by atoms with van der Waals surface area (Å²) in [5, 5.41) is 0. The van der Waals surface area contributed by atoms with Crippen molar-refractivity contribution < 1.29 is 9.59 Å². The highest BCUT2D eigenvalue weighted by Crippen LogP contribution is 1.96. The number of carbonyl (C=O) groups is 2. The minimum absolute atomic E-state index is 0.337. The highest BCUT2D eigenvalue weighted by molar-refractivity contribution is 5.96. The first-order valence-electron chi connectivity index (χ1n) is 4.90. The van der Waals surface area contributed by atoms with Crippen LogP contribution >= 0.6 is 0 Å². The summed E-state index contributed by atoms with van der Waals surface area (Å²) in [6.45, 7) is 3.61. The van der Waals surface area contributed by atoms with Crippen LogP contribution in [0.15, 0.2) is 42.0 Å². The van der Waals surface area contributed by atoms with Gasteiger partial charge >= 0.3 is 0 Å². The van der Waals surface area contributed by atoms with Crippen molar-refractivity contribution in [2.75, 3.05) is 0 Å². The Morgan fingerprint density at radius 3 is 2.25 bits per heavy atom. The fourth-order valence-corrected chi connectivity index (χ4v) is 1.08. The van der Waals surface area contributed by atoms with Crippen molar-refractivity contribution in [1.82, 2.24) is 10.9 Å². The Morgan fingerprint density at radius 1 is 1.06 bits per heavy atom. The molecule has 2 N–H and O–H groups in total. The highest BCUT2D eigenvalue weighted by atomic mass is 16.2. The predicted molar refractivity (Wildman–Crippen MR) is 61.5 cm³/mol. The molecule has 4 heteroatoms. The predicted octanol–water partition coefficient (Wildman–Crippen LogP) is 1.41. The molecule has 1 rings (SSSR count). The van der Waals surface area contributed by atoms with Crippen molar-refractivity contribution in [2.45, 2.75) is 13.8 Å². The van der Waals surface area contributed by atoms with Crippen molar-refractivity contribution in [3.8, 4) is 0 Å². The maximum Gasteiger partial charge on any atom is 0.269 e. The van der Waals surface area contributed by atoms with Crippen LogP contribution in [0.3, 0.4) is 0 Å². The molecule has 0 aliphatic rings. The lowest BCUT2D eigenvalue weighted by molar-refractivity contribution is -0.117. The van der Waals surface area contributed by atoms with Crippen LogP contribution in [-0.4, -0.2) is 11.8 Å². The van der Waals surface area contributed by atoms with E-state index in [1.165, 1.54) is 6.08 Å². The van der Waals surface area contributed by atoms with Crippen LogP contribution in [0.4, 0.5) is 0 Å². The zero-order chi connectivity index (χ0) is 12.0. The van der Waals surface area contributed by atoms with Crippen molar-refractivity contribution >= 4 is 11.8 Å². The number of carbonyl (C=O) groups excluding carboxylic acids is 2. The summed E-state index contributed by atoms with van der Waals surface area (Å²) >= 11 is 0. The topological polar surface area (TPSA) is 58.2 Å². The van der Waals surface area contributed by atoms with Crippen molar-refractivity contribution in [3.63, 3.8) is 0 Å². The number of rotatable bonds is 2. The number of allylic oxidation sites excluding steroid dienone is 1. The normalized spacial score (nSPS) is 9.12. The van der Waals surface area contributed by atoms with Crippen LogP contribution in [0.5, 0.6) is 0 Å². The van der Waals surface area contributed by atoms with E-state index < -0.39 is 0 Å². The molecule has 0 fully saturated rings. The van der Waals surface area contributed by atoms with Crippen LogP contribution in [0.2, 0.25) is 0 Å². The second kappa shape index (κ2) is 5.70. The third-order valence-electron chi connectivity index (χ3n) is 1.75. The number of hydrogen-bond acceptors (Lipinski definition) is 2. The first kappa shape index (κ1) is 12.0. The van der Waals surface area contributed by atoms with Gasteiger partial charge in [0.25, 0.3) is 11.8 Å². The summed E-state index contributed by atoms with van der Waals surface area (Å²) in [5.74, 6) is -0.680. The number of hydrazine groups is 1. The molecule has 0 saturated heterocycles. The number of amides is 2.